The van der Waals surface area contributed by atoms with Crippen molar-refractivity contribution in [2.45, 2.75) is 6.54 Å². The highest BCUT2D eigenvalue weighted by Crippen LogP contribution is 2.23. The van der Waals surface area contributed by atoms with Gasteiger partial charge in [0.2, 0.25) is 0 Å². The maximum Gasteiger partial charge on any atom is 0.329 e. The van der Waals surface area contributed by atoms with Crippen LogP contribution >= 0.6 is 39.1 Å². The molecule has 112 valence electrons. The van der Waals surface area contributed by atoms with E-state index in [1.54, 1.807) is 0 Å². The highest BCUT2D eigenvalue weighted by molar-refractivity contribution is 9.10. The van der Waals surface area contributed by atoms with E-state index in [9.17, 15) is 9.59 Å². The zero-order valence-corrected chi connectivity index (χ0v) is 14.2. The molecule has 22 heavy (non-hydrogen) atoms. The van der Waals surface area contributed by atoms with Gasteiger partial charge < -0.3 is 4.98 Å². The van der Waals surface area contributed by atoms with Gasteiger partial charge in [-0.3, -0.25) is 9.36 Å². The summed E-state index contributed by atoms with van der Waals surface area (Å²) in [5, 5.41) is 0.828. The SMILES string of the molecule is O=c1[nH]c2cc(Cl)cc(Cl)c2c(=O)n1Cc1ccc(Br)cc1. The number of rotatable bonds is 2. The van der Waals surface area contributed by atoms with Crippen LogP contribution in [0.4, 0.5) is 0 Å². The molecule has 0 atom stereocenters. The summed E-state index contributed by atoms with van der Waals surface area (Å²) < 4.78 is 2.04. The van der Waals surface area contributed by atoms with Crippen LogP contribution in [-0.4, -0.2) is 9.55 Å². The molecule has 4 nitrogen and oxygen atoms in total. The van der Waals surface area contributed by atoms with Crippen molar-refractivity contribution in [2.75, 3.05) is 0 Å². The normalized spacial score (nSPS) is 11.0. The minimum atomic E-state index is -0.501. The molecule has 0 unspecified atom stereocenters. The number of nitrogens with zero attached hydrogens (tertiary/aromatic N) is 1. The van der Waals surface area contributed by atoms with Gasteiger partial charge in [0.25, 0.3) is 5.56 Å². The Morgan fingerprint density at radius 1 is 1.09 bits per heavy atom. The molecule has 0 saturated heterocycles. The Labute approximate surface area is 143 Å². The molecule has 3 rings (SSSR count). The van der Waals surface area contributed by atoms with Crippen LogP contribution in [0.25, 0.3) is 10.9 Å². The summed E-state index contributed by atoms with van der Waals surface area (Å²) in [7, 11) is 0. The van der Waals surface area contributed by atoms with Crippen molar-refractivity contribution < 1.29 is 0 Å². The second-order valence-electron chi connectivity index (χ2n) is 4.76. The summed E-state index contributed by atoms with van der Waals surface area (Å²) in [5.74, 6) is 0. The van der Waals surface area contributed by atoms with Crippen LogP contribution in [0, 0.1) is 0 Å². The van der Waals surface area contributed by atoms with Crippen LogP contribution in [0.2, 0.25) is 10.0 Å². The largest absolute Gasteiger partial charge is 0.329 e. The molecule has 7 heteroatoms. The van der Waals surface area contributed by atoms with E-state index in [0.717, 1.165) is 14.6 Å². The van der Waals surface area contributed by atoms with Crippen molar-refractivity contribution in [3.63, 3.8) is 0 Å². The summed E-state index contributed by atoms with van der Waals surface area (Å²) in [6.45, 7) is 0.163. The fraction of sp³-hybridized carbons (Fsp3) is 0.0667. The Morgan fingerprint density at radius 2 is 1.77 bits per heavy atom. The van der Waals surface area contributed by atoms with Crippen molar-refractivity contribution in [3.05, 3.63) is 77.3 Å². The van der Waals surface area contributed by atoms with E-state index < -0.39 is 11.2 Å². The van der Waals surface area contributed by atoms with Crippen LogP contribution in [0.15, 0.2) is 50.5 Å². The fourth-order valence-electron chi connectivity index (χ4n) is 2.22. The van der Waals surface area contributed by atoms with E-state index in [2.05, 4.69) is 20.9 Å². The molecule has 0 bridgehead atoms. The molecule has 0 aliphatic rings. The number of hydrogen-bond donors (Lipinski definition) is 1. The molecule has 0 spiro atoms. The highest BCUT2D eigenvalue weighted by atomic mass is 79.9. The van der Waals surface area contributed by atoms with Crippen LogP contribution in [0.3, 0.4) is 0 Å². The Kier molecular flexibility index (Phi) is 4.12. The van der Waals surface area contributed by atoms with Gasteiger partial charge >= 0.3 is 5.69 Å². The molecule has 2 aromatic carbocycles. The summed E-state index contributed by atoms with van der Waals surface area (Å²) in [5.41, 5.74) is 0.224. The number of aromatic amines is 1. The number of benzene rings is 2. The lowest BCUT2D eigenvalue weighted by molar-refractivity contribution is 0.711. The second-order valence-corrected chi connectivity index (χ2v) is 6.52. The van der Waals surface area contributed by atoms with Crippen LogP contribution < -0.4 is 11.2 Å². The Bertz CT molecular complexity index is 978. The maximum atomic E-state index is 12.6. The quantitative estimate of drug-likeness (QED) is 0.712. The van der Waals surface area contributed by atoms with Crippen molar-refractivity contribution >= 4 is 50.0 Å². The lowest BCUT2D eigenvalue weighted by atomic mass is 10.2. The minimum Gasteiger partial charge on any atom is -0.307 e. The molecule has 1 aromatic heterocycles. The standard InChI is InChI=1S/C15H9BrCl2N2O2/c16-9-3-1-8(2-4-9)7-20-14(21)13-11(18)5-10(17)6-12(13)19-15(20)22/h1-6H,7H2,(H,19,22). The van der Waals surface area contributed by atoms with Gasteiger partial charge in [-0.15, -0.1) is 0 Å². The lowest BCUT2D eigenvalue weighted by Gasteiger charge is -2.08. The van der Waals surface area contributed by atoms with Gasteiger partial charge in [0, 0.05) is 9.50 Å². The summed E-state index contributed by atoms with van der Waals surface area (Å²) >= 11 is 15.3. The van der Waals surface area contributed by atoms with Crippen LogP contribution in [-0.2, 0) is 6.54 Å². The third-order valence-electron chi connectivity index (χ3n) is 3.25. The first-order chi connectivity index (χ1) is 10.5. The molecule has 0 aliphatic heterocycles. The van der Waals surface area contributed by atoms with Crippen molar-refractivity contribution in [1.82, 2.24) is 9.55 Å². The zero-order valence-electron chi connectivity index (χ0n) is 11.1. The predicted molar refractivity (Wildman–Crippen MR) is 92.1 cm³/mol. The summed E-state index contributed by atoms with van der Waals surface area (Å²) in [6.07, 6.45) is 0. The second kappa shape index (κ2) is 5.91. The van der Waals surface area contributed by atoms with Gasteiger partial charge in [0.05, 0.1) is 22.5 Å². The molecule has 0 fully saturated rings. The first kappa shape index (κ1) is 15.3. The minimum absolute atomic E-state index is 0.163. The number of aromatic nitrogens is 2. The first-order valence-electron chi connectivity index (χ1n) is 6.32. The average molecular weight is 400 g/mol. The van der Waals surface area contributed by atoms with Crippen molar-refractivity contribution in [1.29, 1.82) is 0 Å². The molecular formula is C15H9BrCl2N2O2. The lowest BCUT2D eigenvalue weighted by Crippen LogP contribution is -2.35. The highest BCUT2D eigenvalue weighted by Gasteiger charge is 2.12. The van der Waals surface area contributed by atoms with E-state index in [0.29, 0.717) is 10.5 Å². The molecular weight excluding hydrogens is 391 g/mol. The van der Waals surface area contributed by atoms with Gasteiger partial charge in [-0.25, -0.2) is 4.79 Å². The molecule has 3 aromatic rings. The molecule has 0 saturated carbocycles. The number of nitrogens with one attached hydrogen (secondary N) is 1. The molecule has 0 radical (unpaired) electrons. The molecule has 0 aliphatic carbocycles. The van der Waals surface area contributed by atoms with Crippen LogP contribution in [0.5, 0.6) is 0 Å². The predicted octanol–water partition coefficient (Wildman–Crippen LogP) is 3.81. The Hall–Kier alpha value is -1.56. The zero-order chi connectivity index (χ0) is 15.9. The molecule has 1 N–H and O–H groups in total. The Morgan fingerprint density at radius 3 is 2.45 bits per heavy atom. The molecule has 1 heterocycles. The third kappa shape index (κ3) is 2.84. The maximum absolute atomic E-state index is 12.6. The summed E-state index contributed by atoms with van der Waals surface area (Å²) in [4.78, 5) is 27.4. The van der Waals surface area contributed by atoms with Crippen LogP contribution in [0.1, 0.15) is 5.56 Å². The van der Waals surface area contributed by atoms with E-state index >= 15 is 0 Å². The monoisotopic (exact) mass is 398 g/mol. The number of halogens is 3. The number of hydrogen-bond acceptors (Lipinski definition) is 2. The van der Waals surface area contributed by atoms with Gasteiger partial charge in [0.1, 0.15) is 0 Å². The summed E-state index contributed by atoms with van der Waals surface area (Å²) in [6, 6.07) is 10.4. The number of fused-ring (bicyclic) bond motifs is 1. The van der Waals surface area contributed by atoms with Gasteiger partial charge in [-0.1, -0.05) is 51.3 Å². The molecule has 0 amide bonds. The van der Waals surface area contributed by atoms with Gasteiger partial charge in [-0.2, -0.15) is 0 Å². The van der Waals surface area contributed by atoms with E-state index in [1.807, 2.05) is 24.3 Å². The number of H-pyrrole nitrogens is 1. The van der Waals surface area contributed by atoms with Gasteiger partial charge in [-0.05, 0) is 29.8 Å². The first-order valence-corrected chi connectivity index (χ1v) is 7.87. The van der Waals surface area contributed by atoms with E-state index in [1.165, 1.54) is 12.1 Å². The van der Waals surface area contributed by atoms with Crippen molar-refractivity contribution in [2.24, 2.45) is 0 Å². The van der Waals surface area contributed by atoms with E-state index in [4.69, 9.17) is 23.2 Å². The smallest absolute Gasteiger partial charge is 0.307 e. The average Bonchev–Trinajstić information content (AvgIpc) is 2.44. The van der Waals surface area contributed by atoms with E-state index in [-0.39, 0.29) is 17.0 Å². The topological polar surface area (TPSA) is 54.9 Å². The Balaban J connectivity index is 2.20. The third-order valence-corrected chi connectivity index (χ3v) is 4.30. The fourth-order valence-corrected chi connectivity index (χ4v) is 3.05. The van der Waals surface area contributed by atoms with Crippen molar-refractivity contribution in [3.8, 4) is 0 Å². The van der Waals surface area contributed by atoms with Gasteiger partial charge in [0.15, 0.2) is 0 Å².